The fourth-order valence-corrected chi connectivity index (χ4v) is 1.72. The zero-order chi connectivity index (χ0) is 10.8. The van der Waals surface area contributed by atoms with Crippen molar-refractivity contribution < 1.29 is 4.39 Å². The summed E-state index contributed by atoms with van der Waals surface area (Å²) in [7, 11) is 1.77. The molecule has 1 aromatic carbocycles. The molecule has 0 aliphatic carbocycles. The maximum absolute atomic E-state index is 14.2. The first-order valence-electron chi connectivity index (χ1n) is 4.88. The molecule has 1 unspecified atom stereocenters. The molecule has 1 aromatic rings. The van der Waals surface area contributed by atoms with Crippen molar-refractivity contribution in [2.75, 3.05) is 13.6 Å². The van der Waals surface area contributed by atoms with Crippen LogP contribution in [0.15, 0.2) is 18.2 Å². The quantitative estimate of drug-likeness (QED) is 0.782. The van der Waals surface area contributed by atoms with E-state index in [1.165, 1.54) is 0 Å². The van der Waals surface area contributed by atoms with Crippen LogP contribution >= 0.6 is 0 Å². The molecule has 0 aromatic heterocycles. The molecule has 0 fully saturated rings. The minimum Gasteiger partial charge on any atom is -0.316 e. The van der Waals surface area contributed by atoms with Gasteiger partial charge in [0.05, 0.1) is 0 Å². The second-order valence-electron chi connectivity index (χ2n) is 4.05. The predicted octanol–water partition coefficient (Wildman–Crippen LogP) is 2.71. The van der Waals surface area contributed by atoms with Gasteiger partial charge in [-0.3, -0.25) is 0 Å². The Hall–Kier alpha value is -0.890. The Morgan fingerprint density at radius 3 is 2.57 bits per heavy atom. The van der Waals surface area contributed by atoms with Gasteiger partial charge in [0, 0.05) is 6.54 Å². The van der Waals surface area contributed by atoms with E-state index >= 15 is 0 Å². The Bertz CT molecular complexity index is 318. The predicted molar refractivity (Wildman–Crippen MR) is 58.3 cm³/mol. The van der Waals surface area contributed by atoms with Crippen molar-refractivity contribution in [2.24, 2.45) is 0 Å². The highest BCUT2D eigenvalue weighted by molar-refractivity contribution is 5.34. The highest BCUT2D eigenvalue weighted by atomic mass is 19.1. The van der Waals surface area contributed by atoms with E-state index < -0.39 is 5.67 Å². The Labute approximate surface area is 85.3 Å². The average molecular weight is 195 g/mol. The topological polar surface area (TPSA) is 12.0 Å². The third kappa shape index (κ3) is 2.32. The van der Waals surface area contributed by atoms with Gasteiger partial charge in [-0.2, -0.15) is 0 Å². The molecule has 0 saturated carbocycles. The van der Waals surface area contributed by atoms with Gasteiger partial charge < -0.3 is 5.32 Å². The Morgan fingerprint density at radius 1 is 1.36 bits per heavy atom. The Kier molecular flexibility index (Phi) is 3.27. The van der Waals surface area contributed by atoms with Crippen molar-refractivity contribution in [1.82, 2.24) is 5.32 Å². The molecule has 0 saturated heterocycles. The maximum atomic E-state index is 14.2. The van der Waals surface area contributed by atoms with Gasteiger partial charge in [-0.25, -0.2) is 4.39 Å². The minimum absolute atomic E-state index is 0.345. The number of rotatable bonds is 3. The highest BCUT2D eigenvalue weighted by Crippen LogP contribution is 2.28. The van der Waals surface area contributed by atoms with Crippen LogP contribution in [0.25, 0.3) is 0 Å². The zero-order valence-electron chi connectivity index (χ0n) is 9.32. The SMILES string of the molecule is CNCC(C)(F)c1cc(C)ccc1C. The number of aryl methyl sites for hydroxylation is 2. The maximum Gasteiger partial charge on any atom is 0.145 e. The number of likely N-dealkylation sites (N-methyl/N-ethyl adjacent to an activating group) is 1. The average Bonchev–Trinajstić information content (AvgIpc) is 2.09. The largest absolute Gasteiger partial charge is 0.316 e. The number of nitrogens with one attached hydrogen (secondary N) is 1. The van der Waals surface area contributed by atoms with Crippen molar-refractivity contribution in [2.45, 2.75) is 26.4 Å². The first-order chi connectivity index (χ1) is 6.47. The van der Waals surface area contributed by atoms with Crippen LogP contribution in [0.2, 0.25) is 0 Å². The third-order valence-electron chi connectivity index (χ3n) is 2.46. The molecular formula is C12H18FN. The molecule has 0 aliphatic rings. The summed E-state index contributed by atoms with van der Waals surface area (Å²) in [5, 5.41) is 2.88. The lowest BCUT2D eigenvalue weighted by molar-refractivity contribution is 0.189. The first-order valence-corrected chi connectivity index (χ1v) is 4.88. The van der Waals surface area contributed by atoms with Gasteiger partial charge in [0.1, 0.15) is 5.67 Å². The fraction of sp³-hybridized carbons (Fsp3) is 0.500. The molecule has 0 spiro atoms. The van der Waals surface area contributed by atoms with Crippen molar-refractivity contribution in [3.63, 3.8) is 0 Å². The molecule has 0 bridgehead atoms. The van der Waals surface area contributed by atoms with E-state index in [1.54, 1.807) is 14.0 Å². The van der Waals surface area contributed by atoms with Crippen LogP contribution in [0.5, 0.6) is 0 Å². The molecule has 0 aliphatic heterocycles. The summed E-state index contributed by atoms with van der Waals surface area (Å²) in [4.78, 5) is 0. The van der Waals surface area contributed by atoms with Gasteiger partial charge in [0.25, 0.3) is 0 Å². The number of benzene rings is 1. The second kappa shape index (κ2) is 4.09. The van der Waals surface area contributed by atoms with Gasteiger partial charge in [0.15, 0.2) is 0 Å². The highest BCUT2D eigenvalue weighted by Gasteiger charge is 2.26. The van der Waals surface area contributed by atoms with E-state index in [-0.39, 0.29) is 0 Å². The van der Waals surface area contributed by atoms with E-state index in [9.17, 15) is 4.39 Å². The van der Waals surface area contributed by atoms with Crippen LogP contribution in [-0.4, -0.2) is 13.6 Å². The van der Waals surface area contributed by atoms with Crippen molar-refractivity contribution in [3.8, 4) is 0 Å². The smallest absolute Gasteiger partial charge is 0.145 e. The molecule has 0 heterocycles. The van der Waals surface area contributed by atoms with Crippen LogP contribution in [0.4, 0.5) is 4.39 Å². The lowest BCUT2D eigenvalue weighted by atomic mass is 9.92. The number of hydrogen-bond acceptors (Lipinski definition) is 1. The summed E-state index contributed by atoms with van der Waals surface area (Å²) < 4.78 is 14.2. The minimum atomic E-state index is -1.29. The summed E-state index contributed by atoms with van der Waals surface area (Å²) >= 11 is 0. The normalized spacial score (nSPS) is 15.2. The van der Waals surface area contributed by atoms with E-state index in [2.05, 4.69) is 5.32 Å². The van der Waals surface area contributed by atoms with Crippen molar-refractivity contribution in [3.05, 3.63) is 34.9 Å². The number of halogens is 1. The van der Waals surface area contributed by atoms with Crippen LogP contribution in [0.1, 0.15) is 23.6 Å². The zero-order valence-corrected chi connectivity index (χ0v) is 9.32. The van der Waals surface area contributed by atoms with Crippen LogP contribution < -0.4 is 5.32 Å². The molecular weight excluding hydrogens is 177 g/mol. The summed E-state index contributed by atoms with van der Waals surface area (Å²) in [6.45, 7) is 5.89. The second-order valence-corrected chi connectivity index (χ2v) is 4.05. The molecule has 1 nitrogen and oxygen atoms in total. The monoisotopic (exact) mass is 195 g/mol. The molecule has 1 N–H and O–H groups in total. The van der Waals surface area contributed by atoms with Crippen LogP contribution in [-0.2, 0) is 5.67 Å². The molecule has 78 valence electrons. The Morgan fingerprint density at radius 2 is 2.00 bits per heavy atom. The number of hydrogen-bond donors (Lipinski definition) is 1. The van der Waals surface area contributed by atoms with Gasteiger partial charge in [-0.1, -0.05) is 23.8 Å². The summed E-state index contributed by atoms with van der Waals surface area (Å²) in [5.74, 6) is 0. The van der Waals surface area contributed by atoms with Crippen LogP contribution in [0.3, 0.4) is 0 Å². The third-order valence-corrected chi connectivity index (χ3v) is 2.46. The molecule has 1 rings (SSSR count). The van der Waals surface area contributed by atoms with E-state index in [0.717, 1.165) is 16.7 Å². The Balaban J connectivity index is 3.10. The summed E-state index contributed by atoms with van der Waals surface area (Å²) in [5.41, 5.74) is 1.61. The molecule has 14 heavy (non-hydrogen) atoms. The van der Waals surface area contributed by atoms with Crippen molar-refractivity contribution in [1.29, 1.82) is 0 Å². The fourth-order valence-electron chi connectivity index (χ4n) is 1.72. The standard InChI is InChI=1S/C12H18FN/c1-9-5-6-10(2)11(7-9)12(3,13)8-14-4/h5-7,14H,8H2,1-4H3. The lowest BCUT2D eigenvalue weighted by Crippen LogP contribution is -2.30. The number of alkyl halides is 1. The molecule has 0 amide bonds. The van der Waals surface area contributed by atoms with E-state index in [0.29, 0.717) is 6.54 Å². The van der Waals surface area contributed by atoms with Gasteiger partial charge in [-0.15, -0.1) is 0 Å². The van der Waals surface area contributed by atoms with E-state index in [1.807, 2.05) is 32.0 Å². The molecule has 2 heteroatoms. The molecule has 1 atom stereocenters. The van der Waals surface area contributed by atoms with Gasteiger partial charge >= 0.3 is 0 Å². The summed E-state index contributed by atoms with van der Waals surface area (Å²) in [6.07, 6.45) is 0. The molecule has 0 radical (unpaired) electrons. The van der Waals surface area contributed by atoms with Crippen molar-refractivity contribution >= 4 is 0 Å². The first kappa shape index (κ1) is 11.2. The van der Waals surface area contributed by atoms with E-state index in [4.69, 9.17) is 0 Å². The summed E-state index contributed by atoms with van der Waals surface area (Å²) in [6, 6.07) is 5.90. The van der Waals surface area contributed by atoms with Gasteiger partial charge in [-0.05, 0) is 38.9 Å². The lowest BCUT2D eigenvalue weighted by Gasteiger charge is -2.23. The van der Waals surface area contributed by atoms with Gasteiger partial charge in [0.2, 0.25) is 0 Å². The van der Waals surface area contributed by atoms with Crippen LogP contribution in [0, 0.1) is 13.8 Å².